The molecule has 0 unspecified atom stereocenters. The number of hydrogen-bond acceptors (Lipinski definition) is 4. The van der Waals surface area contributed by atoms with Crippen LogP contribution < -0.4 is 5.32 Å². The summed E-state index contributed by atoms with van der Waals surface area (Å²) in [6, 6.07) is 7.73. The van der Waals surface area contributed by atoms with Crippen LogP contribution in [0.4, 0.5) is 0 Å². The van der Waals surface area contributed by atoms with E-state index in [0.29, 0.717) is 6.54 Å². The summed E-state index contributed by atoms with van der Waals surface area (Å²) in [5, 5.41) is 12.3. The van der Waals surface area contributed by atoms with Gasteiger partial charge in [0.1, 0.15) is 5.01 Å². The Kier molecular flexibility index (Phi) is 4.14. The number of carboxylic acid groups (broad SMARTS) is 1. The lowest BCUT2D eigenvalue weighted by molar-refractivity contribution is -0.133. The molecule has 0 atom stereocenters. The Bertz CT molecular complexity index is 670. The van der Waals surface area contributed by atoms with Gasteiger partial charge in [-0.1, -0.05) is 12.1 Å². The van der Waals surface area contributed by atoms with Crippen LogP contribution in [0.1, 0.15) is 18.9 Å². The zero-order valence-electron chi connectivity index (χ0n) is 11.1. The molecule has 1 heterocycles. The Morgan fingerprint density at radius 3 is 2.60 bits per heavy atom. The monoisotopic (exact) mass is 290 g/mol. The standard InChI is InChI=1S/C14H14N2O3S/c1-8(9(2)14(18)19)13(17)15-7-12-16-10-5-3-4-6-11(10)20-12/h3-6H,7H2,1-2H3,(H,15,17)(H,18,19). The third-order valence-electron chi connectivity index (χ3n) is 2.96. The SMILES string of the molecule is CC(C(=O)O)=C(C)C(=O)NCc1nc2ccccc2s1. The summed E-state index contributed by atoms with van der Waals surface area (Å²) in [6.07, 6.45) is 0. The minimum absolute atomic E-state index is 0.0480. The predicted molar refractivity (Wildman–Crippen MR) is 77.5 cm³/mol. The molecule has 0 fully saturated rings. The van der Waals surface area contributed by atoms with Crippen LogP contribution in [0.25, 0.3) is 10.2 Å². The first-order chi connectivity index (χ1) is 9.49. The van der Waals surface area contributed by atoms with Crippen LogP contribution in [-0.4, -0.2) is 22.0 Å². The van der Waals surface area contributed by atoms with E-state index in [1.165, 1.54) is 25.2 Å². The lowest BCUT2D eigenvalue weighted by Gasteiger charge is -2.05. The normalized spacial score (nSPS) is 12.1. The molecule has 0 aliphatic rings. The molecule has 1 amide bonds. The highest BCUT2D eigenvalue weighted by molar-refractivity contribution is 7.18. The van der Waals surface area contributed by atoms with Gasteiger partial charge < -0.3 is 10.4 Å². The average Bonchev–Trinajstić information content (AvgIpc) is 2.85. The van der Waals surface area contributed by atoms with E-state index in [-0.39, 0.29) is 17.1 Å². The van der Waals surface area contributed by atoms with Crippen molar-refractivity contribution in [1.82, 2.24) is 10.3 Å². The van der Waals surface area contributed by atoms with Crippen LogP contribution in [0, 0.1) is 0 Å². The summed E-state index contributed by atoms with van der Waals surface area (Å²) in [6.45, 7) is 3.20. The Morgan fingerprint density at radius 2 is 1.95 bits per heavy atom. The predicted octanol–water partition coefficient (Wildman–Crippen LogP) is 2.33. The summed E-state index contributed by atoms with van der Waals surface area (Å²) < 4.78 is 1.06. The number of nitrogens with zero attached hydrogens (tertiary/aromatic N) is 1. The maximum absolute atomic E-state index is 11.8. The fourth-order valence-corrected chi connectivity index (χ4v) is 2.52. The van der Waals surface area contributed by atoms with E-state index < -0.39 is 5.97 Å². The average molecular weight is 290 g/mol. The maximum Gasteiger partial charge on any atom is 0.331 e. The molecule has 2 aromatic rings. The lowest BCUT2D eigenvalue weighted by atomic mass is 10.1. The van der Waals surface area contributed by atoms with Crippen LogP contribution >= 0.6 is 11.3 Å². The smallest absolute Gasteiger partial charge is 0.331 e. The number of nitrogens with one attached hydrogen (secondary N) is 1. The highest BCUT2D eigenvalue weighted by Gasteiger charge is 2.13. The zero-order chi connectivity index (χ0) is 14.7. The van der Waals surface area contributed by atoms with Gasteiger partial charge in [-0.25, -0.2) is 9.78 Å². The quantitative estimate of drug-likeness (QED) is 0.847. The summed E-state index contributed by atoms with van der Waals surface area (Å²) in [5.74, 6) is -1.47. The number of aliphatic carboxylic acids is 1. The van der Waals surface area contributed by atoms with E-state index in [9.17, 15) is 9.59 Å². The van der Waals surface area contributed by atoms with Crippen molar-refractivity contribution in [3.63, 3.8) is 0 Å². The Balaban J connectivity index is 2.07. The zero-order valence-corrected chi connectivity index (χ0v) is 12.0. The van der Waals surface area contributed by atoms with Crippen molar-refractivity contribution < 1.29 is 14.7 Å². The molecule has 0 bridgehead atoms. The van der Waals surface area contributed by atoms with Crippen molar-refractivity contribution >= 4 is 33.4 Å². The maximum atomic E-state index is 11.8. The highest BCUT2D eigenvalue weighted by Crippen LogP contribution is 2.21. The summed E-state index contributed by atoms with van der Waals surface area (Å²) >= 11 is 1.51. The molecular weight excluding hydrogens is 276 g/mol. The van der Waals surface area contributed by atoms with Gasteiger partial charge in [0.25, 0.3) is 0 Å². The molecule has 5 nitrogen and oxygen atoms in total. The van der Waals surface area contributed by atoms with Crippen LogP contribution in [0.5, 0.6) is 0 Å². The first-order valence-corrected chi connectivity index (χ1v) is 6.84. The van der Waals surface area contributed by atoms with Crippen LogP contribution in [0.3, 0.4) is 0 Å². The van der Waals surface area contributed by atoms with E-state index in [1.54, 1.807) is 0 Å². The van der Waals surface area contributed by atoms with Gasteiger partial charge in [0.2, 0.25) is 5.91 Å². The van der Waals surface area contributed by atoms with Gasteiger partial charge >= 0.3 is 5.97 Å². The number of thiazole rings is 1. The third-order valence-corrected chi connectivity index (χ3v) is 4.00. The number of amides is 1. The van der Waals surface area contributed by atoms with E-state index in [1.807, 2.05) is 24.3 Å². The molecule has 0 radical (unpaired) electrons. The number of rotatable bonds is 4. The number of para-hydroxylation sites is 1. The van der Waals surface area contributed by atoms with E-state index >= 15 is 0 Å². The Morgan fingerprint density at radius 1 is 1.25 bits per heavy atom. The molecule has 20 heavy (non-hydrogen) atoms. The van der Waals surface area contributed by atoms with Gasteiger partial charge in [-0.3, -0.25) is 4.79 Å². The summed E-state index contributed by atoms with van der Waals surface area (Å²) in [5.41, 5.74) is 1.15. The molecule has 0 aliphatic carbocycles. The van der Waals surface area contributed by atoms with E-state index in [4.69, 9.17) is 5.11 Å². The molecule has 2 N–H and O–H groups in total. The van der Waals surface area contributed by atoms with E-state index in [2.05, 4.69) is 10.3 Å². The Hall–Kier alpha value is -2.21. The second-order valence-corrected chi connectivity index (χ2v) is 5.43. The van der Waals surface area contributed by atoms with Gasteiger partial charge in [-0.2, -0.15) is 0 Å². The summed E-state index contributed by atoms with van der Waals surface area (Å²) in [4.78, 5) is 27.0. The molecule has 0 spiro atoms. The number of carbonyl (C=O) groups excluding carboxylic acids is 1. The fourth-order valence-electron chi connectivity index (χ4n) is 1.61. The van der Waals surface area contributed by atoms with Crippen molar-refractivity contribution in [2.24, 2.45) is 0 Å². The van der Waals surface area contributed by atoms with Crippen LogP contribution in [0.15, 0.2) is 35.4 Å². The van der Waals surface area contributed by atoms with Crippen LogP contribution in [-0.2, 0) is 16.1 Å². The van der Waals surface area contributed by atoms with Crippen molar-refractivity contribution in [3.05, 3.63) is 40.4 Å². The molecule has 1 aromatic carbocycles. The third kappa shape index (κ3) is 3.03. The van der Waals surface area contributed by atoms with Crippen LogP contribution in [0.2, 0.25) is 0 Å². The molecule has 6 heteroatoms. The number of benzene rings is 1. The topological polar surface area (TPSA) is 79.3 Å². The van der Waals surface area contributed by atoms with Gasteiger partial charge in [-0.05, 0) is 26.0 Å². The van der Waals surface area contributed by atoms with Crippen molar-refractivity contribution in [1.29, 1.82) is 0 Å². The molecule has 104 valence electrons. The van der Waals surface area contributed by atoms with Gasteiger partial charge in [0.05, 0.1) is 16.8 Å². The minimum Gasteiger partial charge on any atom is -0.478 e. The second kappa shape index (κ2) is 5.83. The molecule has 0 aliphatic heterocycles. The highest BCUT2D eigenvalue weighted by atomic mass is 32.1. The molecule has 0 saturated heterocycles. The van der Waals surface area contributed by atoms with Crippen molar-refractivity contribution in [3.8, 4) is 0 Å². The minimum atomic E-state index is -1.09. The second-order valence-electron chi connectivity index (χ2n) is 4.31. The number of carboxylic acids is 1. The first kappa shape index (κ1) is 14.2. The molecule has 2 rings (SSSR count). The molecule has 0 saturated carbocycles. The number of fused-ring (bicyclic) bond motifs is 1. The van der Waals surface area contributed by atoms with Crippen molar-refractivity contribution in [2.45, 2.75) is 20.4 Å². The van der Waals surface area contributed by atoms with E-state index in [0.717, 1.165) is 15.2 Å². The summed E-state index contributed by atoms with van der Waals surface area (Å²) in [7, 11) is 0. The van der Waals surface area contributed by atoms with Gasteiger partial charge in [0, 0.05) is 11.1 Å². The number of aromatic nitrogens is 1. The van der Waals surface area contributed by atoms with Crippen molar-refractivity contribution in [2.75, 3.05) is 0 Å². The molecular formula is C14H14N2O3S. The number of hydrogen-bond donors (Lipinski definition) is 2. The van der Waals surface area contributed by atoms with Gasteiger partial charge in [0.15, 0.2) is 0 Å². The number of carbonyl (C=O) groups is 2. The Labute approximate surface area is 120 Å². The fraction of sp³-hybridized carbons (Fsp3) is 0.214. The molecule has 1 aromatic heterocycles. The lowest BCUT2D eigenvalue weighted by Crippen LogP contribution is -2.25. The largest absolute Gasteiger partial charge is 0.478 e. The first-order valence-electron chi connectivity index (χ1n) is 6.02. The van der Waals surface area contributed by atoms with Gasteiger partial charge in [-0.15, -0.1) is 11.3 Å².